The molecular formula is C22H21BrN4O6. The Labute approximate surface area is 197 Å². The molecular weight excluding hydrogens is 496 g/mol. The second-order valence-electron chi connectivity index (χ2n) is 7.33. The summed E-state index contributed by atoms with van der Waals surface area (Å²) >= 11 is 3.26. The monoisotopic (exact) mass is 516 g/mol. The van der Waals surface area contributed by atoms with E-state index in [1.54, 1.807) is 42.5 Å². The van der Waals surface area contributed by atoms with Gasteiger partial charge in [-0.2, -0.15) is 0 Å². The van der Waals surface area contributed by atoms with Crippen LogP contribution >= 0.6 is 15.9 Å². The first kappa shape index (κ1) is 23.9. The van der Waals surface area contributed by atoms with E-state index in [1.807, 2.05) is 13.0 Å². The van der Waals surface area contributed by atoms with Gasteiger partial charge in [0.25, 0.3) is 17.7 Å². The number of amides is 4. The Morgan fingerprint density at radius 1 is 1.03 bits per heavy atom. The first-order chi connectivity index (χ1) is 15.7. The van der Waals surface area contributed by atoms with E-state index >= 15 is 0 Å². The highest BCUT2D eigenvalue weighted by Gasteiger charge is 2.36. The molecule has 0 spiro atoms. The molecule has 1 aliphatic rings. The first-order valence-electron chi connectivity index (χ1n) is 9.92. The molecule has 11 heteroatoms. The lowest BCUT2D eigenvalue weighted by Crippen LogP contribution is -2.44. The van der Waals surface area contributed by atoms with Crippen molar-refractivity contribution in [2.45, 2.75) is 13.3 Å². The molecule has 1 saturated heterocycles. The predicted octanol–water partition coefficient (Wildman–Crippen LogP) is 1.26. The molecule has 10 nitrogen and oxygen atoms in total. The van der Waals surface area contributed by atoms with Crippen LogP contribution in [0.3, 0.4) is 0 Å². The number of nitrogens with one attached hydrogen (secondary N) is 3. The SMILES string of the molecule is Cc1cccc(C(=O)NN2C[C@H](C(=O)OCC(=O)NNC(=O)c3ccc(Br)cc3)CC2=O)c1. The van der Waals surface area contributed by atoms with Crippen LogP contribution in [-0.4, -0.2) is 47.8 Å². The van der Waals surface area contributed by atoms with Crippen LogP contribution < -0.4 is 16.3 Å². The molecule has 0 saturated carbocycles. The Morgan fingerprint density at radius 3 is 2.45 bits per heavy atom. The van der Waals surface area contributed by atoms with Gasteiger partial charge in [0.2, 0.25) is 5.91 Å². The van der Waals surface area contributed by atoms with Crippen molar-refractivity contribution >= 4 is 45.5 Å². The highest BCUT2D eigenvalue weighted by Crippen LogP contribution is 2.18. The van der Waals surface area contributed by atoms with E-state index in [4.69, 9.17) is 4.74 Å². The molecule has 3 N–H and O–H groups in total. The van der Waals surface area contributed by atoms with Crippen LogP contribution in [0.15, 0.2) is 53.0 Å². The third kappa shape index (κ3) is 6.62. The van der Waals surface area contributed by atoms with Crippen LogP contribution in [0.4, 0.5) is 0 Å². The topological polar surface area (TPSA) is 134 Å². The largest absolute Gasteiger partial charge is 0.455 e. The Hall–Kier alpha value is -3.73. The summed E-state index contributed by atoms with van der Waals surface area (Å²) in [6.45, 7) is 1.13. The minimum atomic E-state index is -0.833. The van der Waals surface area contributed by atoms with E-state index in [0.717, 1.165) is 15.0 Å². The molecule has 1 fully saturated rings. The van der Waals surface area contributed by atoms with Gasteiger partial charge >= 0.3 is 5.97 Å². The number of carbonyl (C=O) groups is 5. The van der Waals surface area contributed by atoms with E-state index in [1.165, 1.54) is 0 Å². The van der Waals surface area contributed by atoms with Gasteiger partial charge in [-0.1, -0.05) is 33.6 Å². The maximum atomic E-state index is 12.3. The van der Waals surface area contributed by atoms with Gasteiger partial charge in [0.1, 0.15) is 0 Å². The summed E-state index contributed by atoms with van der Waals surface area (Å²) in [6, 6.07) is 13.3. The summed E-state index contributed by atoms with van der Waals surface area (Å²) in [4.78, 5) is 60.6. The molecule has 0 aliphatic carbocycles. The molecule has 0 bridgehead atoms. The lowest BCUT2D eigenvalue weighted by Gasteiger charge is -2.17. The van der Waals surface area contributed by atoms with Crippen LogP contribution in [0, 0.1) is 12.8 Å². The average molecular weight is 517 g/mol. The molecule has 0 radical (unpaired) electrons. The molecule has 4 amide bonds. The number of nitrogens with zero attached hydrogens (tertiary/aromatic N) is 1. The number of aryl methyl sites for hydroxylation is 1. The predicted molar refractivity (Wildman–Crippen MR) is 119 cm³/mol. The van der Waals surface area contributed by atoms with Crippen LogP contribution in [0.1, 0.15) is 32.7 Å². The molecule has 1 atom stereocenters. The maximum absolute atomic E-state index is 12.3. The van der Waals surface area contributed by atoms with Crippen molar-refractivity contribution < 1.29 is 28.7 Å². The zero-order chi connectivity index (χ0) is 24.0. The summed E-state index contributed by atoms with van der Waals surface area (Å²) < 4.78 is 5.74. The molecule has 3 rings (SSSR count). The van der Waals surface area contributed by atoms with Crippen LogP contribution in [-0.2, 0) is 19.1 Å². The lowest BCUT2D eigenvalue weighted by atomic mass is 10.1. The molecule has 172 valence electrons. The lowest BCUT2D eigenvalue weighted by molar-refractivity contribution is -0.152. The fourth-order valence-corrected chi connectivity index (χ4v) is 3.30. The van der Waals surface area contributed by atoms with Crippen molar-refractivity contribution in [2.24, 2.45) is 5.92 Å². The first-order valence-corrected chi connectivity index (χ1v) is 10.7. The minimum absolute atomic E-state index is 0.0723. The van der Waals surface area contributed by atoms with E-state index in [9.17, 15) is 24.0 Å². The van der Waals surface area contributed by atoms with Crippen molar-refractivity contribution in [3.8, 4) is 0 Å². The highest BCUT2D eigenvalue weighted by molar-refractivity contribution is 9.10. The third-order valence-corrected chi connectivity index (χ3v) is 5.27. The van der Waals surface area contributed by atoms with Crippen LogP contribution in [0.25, 0.3) is 0 Å². The van der Waals surface area contributed by atoms with Gasteiger partial charge in [0, 0.05) is 22.0 Å². The van der Waals surface area contributed by atoms with Gasteiger partial charge in [-0.15, -0.1) is 0 Å². The second-order valence-corrected chi connectivity index (χ2v) is 8.25. The van der Waals surface area contributed by atoms with Gasteiger partial charge in [0.15, 0.2) is 6.61 Å². The molecule has 1 heterocycles. The Balaban J connectivity index is 1.42. The number of esters is 1. The summed E-state index contributed by atoms with van der Waals surface area (Å²) in [6.07, 6.45) is -0.158. The Bertz CT molecular complexity index is 1090. The van der Waals surface area contributed by atoms with E-state index in [-0.39, 0.29) is 13.0 Å². The molecule has 2 aromatic rings. The van der Waals surface area contributed by atoms with Gasteiger partial charge in [-0.05, 0) is 43.3 Å². The number of carbonyl (C=O) groups excluding carboxylic acids is 5. The number of hydrogen-bond acceptors (Lipinski definition) is 6. The van der Waals surface area contributed by atoms with E-state index in [2.05, 4.69) is 32.2 Å². The number of ether oxygens (including phenoxy) is 1. The van der Waals surface area contributed by atoms with Crippen molar-refractivity contribution in [3.63, 3.8) is 0 Å². The smallest absolute Gasteiger partial charge is 0.311 e. The van der Waals surface area contributed by atoms with E-state index < -0.39 is 42.1 Å². The van der Waals surface area contributed by atoms with Crippen molar-refractivity contribution in [2.75, 3.05) is 13.2 Å². The van der Waals surface area contributed by atoms with Crippen molar-refractivity contribution in [3.05, 3.63) is 69.7 Å². The normalized spacial score (nSPS) is 15.0. The standard InChI is InChI=1S/C22H21BrN4O6/c1-13-3-2-4-15(9-13)21(31)26-27-11-16(10-19(27)29)22(32)33-12-18(28)24-25-20(30)14-5-7-17(23)8-6-14/h2-9,16H,10-12H2,1H3,(H,24,28)(H,25,30)(H,26,31)/t16-/m1/s1. The van der Waals surface area contributed by atoms with Gasteiger partial charge in [-0.3, -0.25) is 45.3 Å². The Morgan fingerprint density at radius 2 is 1.76 bits per heavy atom. The van der Waals surface area contributed by atoms with Gasteiger partial charge in [-0.25, -0.2) is 0 Å². The minimum Gasteiger partial charge on any atom is -0.455 e. The van der Waals surface area contributed by atoms with E-state index in [0.29, 0.717) is 11.1 Å². The number of rotatable bonds is 6. The molecule has 0 unspecified atom stereocenters. The molecule has 1 aliphatic heterocycles. The summed E-state index contributed by atoms with van der Waals surface area (Å²) in [5.41, 5.74) is 8.44. The zero-order valence-electron chi connectivity index (χ0n) is 17.6. The van der Waals surface area contributed by atoms with Gasteiger partial charge < -0.3 is 4.74 Å². The van der Waals surface area contributed by atoms with Crippen molar-refractivity contribution in [1.29, 1.82) is 0 Å². The fraction of sp³-hybridized carbons (Fsp3) is 0.227. The quantitative estimate of drug-likeness (QED) is 0.390. The third-order valence-electron chi connectivity index (χ3n) is 4.74. The molecule has 33 heavy (non-hydrogen) atoms. The zero-order valence-corrected chi connectivity index (χ0v) is 19.2. The fourth-order valence-electron chi connectivity index (χ4n) is 3.04. The number of hydrazine groups is 2. The average Bonchev–Trinajstić information content (AvgIpc) is 3.16. The number of benzene rings is 2. The van der Waals surface area contributed by atoms with Gasteiger partial charge in [0.05, 0.1) is 12.5 Å². The second kappa shape index (κ2) is 10.7. The Kier molecular flexibility index (Phi) is 7.78. The van der Waals surface area contributed by atoms with Crippen LogP contribution in [0.5, 0.6) is 0 Å². The number of halogens is 1. The summed E-state index contributed by atoms with van der Waals surface area (Å²) in [7, 11) is 0. The maximum Gasteiger partial charge on any atom is 0.311 e. The summed E-state index contributed by atoms with van der Waals surface area (Å²) in [5.74, 6) is -3.79. The van der Waals surface area contributed by atoms with Crippen molar-refractivity contribution in [1.82, 2.24) is 21.3 Å². The number of hydrogen-bond donors (Lipinski definition) is 3. The molecule has 2 aromatic carbocycles. The van der Waals surface area contributed by atoms with Crippen LogP contribution in [0.2, 0.25) is 0 Å². The molecule has 0 aromatic heterocycles. The highest BCUT2D eigenvalue weighted by atomic mass is 79.9. The summed E-state index contributed by atoms with van der Waals surface area (Å²) in [5, 5.41) is 1.06.